The molecule has 0 saturated carbocycles. The lowest BCUT2D eigenvalue weighted by molar-refractivity contribution is 0.277. The number of hydrogen-bond donors (Lipinski definition) is 2. The van der Waals surface area contributed by atoms with Crippen LogP contribution in [0.15, 0.2) is 5.03 Å². The second-order valence-electron chi connectivity index (χ2n) is 3.59. The average Bonchev–Trinajstić information content (AvgIpc) is 2.42. The molecular formula is C10H18N2O2S. The van der Waals surface area contributed by atoms with Crippen LogP contribution in [0.3, 0.4) is 0 Å². The van der Waals surface area contributed by atoms with Crippen LogP contribution >= 0.6 is 11.8 Å². The molecule has 0 fully saturated rings. The van der Waals surface area contributed by atoms with Crippen molar-refractivity contribution in [3.05, 3.63) is 11.3 Å². The molecule has 1 atom stereocenters. The summed E-state index contributed by atoms with van der Waals surface area (Å²) in [6, 6.07) is 0. The van der Waals surface area contributed by atoms with Crippen LogP contribution in [-0.2, 0) is 13.7 Å². The van der Waals surface area contributed by atoms with E-state index >= 15 is 0 Å². The molecule has 0 radical (unpaired) electrons. The van der Waals surface area contributed by atoms with Gasteiger partial charge in [0, 0.05) is 24.5 Å². The van der Waals surface area contributed by atoms with Crippen molar-refractivity contribution in [2.45, 2.75) is 37.2 Å². The van der Waals surface area contributed by atoms with Crippen LogP contribution in [0.1, 0.15) is 24.6 Å². The Bertz CT molecular complexity index is 325. The third-order valence-corrected chi connectivity index (χ3v) is 3.67. The molecule has 86 valence electrons. The highest BCUT2D eigenvalue weighted by molar-refractivity contribution is 7.99. The molecule has 0 saturated heterocycles. The van der Waals surface area contributed by atoms with E-state index in [0.717, 1.165) is 22.7 Å². The summed E-state index contributed by atoms with van der Waals surface area (Å²) in [6.07, 6.45) is 0.750. The Morgan fingerprint density at radius 1 is 1.47 bits per heavy atom. The van der Waals surface area contributed by atoms with E-state index in [2.05, 4.69) is 12.0 Å². The van der Waals surface area contributed by atoms with Gasteiger partial charge in [-0.15, -0.1) is 11.8 Å². The first-order valence-electron chi connectivity index (χ1n) is 5.01. The number of aliphatic hydroxyl groups is 2. The Balaban J connectivity index is 2.83. The van der Waals surface area contributed by atoms with Crippen molar-refractivity contribution in [1.29, 1.82) is 0 Å². The van der Waals surface area contributed by atoms with Crippen LogP contribution in [0.2, 0.25) is 0 Å². The first-order chi connectivity index (χ1) is 7.10. The Labute approximate surface area is 94.3 Å². The minimum atomic E-state index is 0.0217. The second-order valence-corrected chi connectivity index (χ2v) is 5.02. The van der Waals surface area contributed by atoms with Crippen molar-refractivity contribution in [3.8, 4) is 0 Å². The molecule has 0 aromatic carbocycles. The molecule has 2 N–H and O–H groups in total. The van der Waals surface area contributed by atoms with Gasteiger partial charge in [-0.25, -0.2) is 0 Å². The van der Waals surface area contributed by atoms with Crippen molar-refractivity contribution in [1.82, 2.24) is 9.78 Å². The summed E-state index contributed by atoms with van der Waals surface area (Å²) < 4.78 is 1.79. The Morgan fingerprint density at radius 2 is 2.13 bits per heavy atom. The zero-order valence-electron chi connectivity index (χ0n) is 9.40. The number of aromatic nitrogens is 2. The summed E-state index contributed by atoms with van der Waals surface area (Å²) in [5.74, 6) is 0. The molecule has 1 heterocycles. The van der Waals surface area contributed by atoms with Crippen LogP contribution < -0.4 is 0 Å². The van der Waals surface area contributed by atoms with E-state index in [-0.39, 0.29) is 13.2 Å². The van der Waals surface area contributed by atoms with Gasteiger partial charge in [-0.1, -0.05) is 6.92 Å². The summed E-state index contributed by atoms with van der Waals surface area (Å²) in [4.78, 5) is 0. The molecule has 15 heavy (non-hydrogen) atoms. The molecule has 5 heteroatoms. The third-order valence-electron chi connectivity index (χ3n) is 2.30. The quantitative estimate of drug-likeness (QED) is 0.743. The summed E-state index contributed by atoms with van der Waals surface area (Å²) in [6.45, 7) is 4.17. The lowest BCUT2D eigenvalue weighted by atomic mass is 10.3. The summed E-state index contributed by atoms with van der Waals surface area (Å²) >= 11 is 1.65. The molecule has 0 aliphatic carbocycles. The molecule has 0 aliphatic heterocycles. The molecule has 0 spiro atoms. The molecule has 0 bridgehead atoms. The smallest absolute Gasteiger partial charge is 0.0997 e. The summed E-state index contributed by atoms with van der Waals surface area (Å²) in [5, 5.41) is 23.7. The van der Waals surface area contributed by atoms with Gasteiger partial charge >= 0.3 is 0 Å². The molecule has 1 unspecified atom stereocenters. The first kappa shape index (κ1) is 12.5. The second kappa shape index (κ2) is 5.53. The maximum atomic E-state index is 9.24. The highest BCUT2D eigenvalue weighted by Gasteiger charge is 2.15. The lowest BCUT2D eigenvalue weighted by Gasteiger charge is -2.10. The Kier molecular flexibility index (Phi) is 4.63. The van der Waals surface area contributed by atoms with Crippen molar-refractivity contribution in [2.24, 2.45) is 7.05 Å². The van der Waals surface area contributed by atoms with Crippen molar-refractivity contribution >= 4 is 11.8 Å². The molecule has 1 aromatic heterocycles. The number of rotatable bonds is 5. The number of aryl methyl sites for hydroxylation is 2. The summed E-state index contributed by atoms with van der Waals surface area (Å²) in [5.41, 5.74) is 1.77. The van der Waals surface area contributed by atoms with Crippen LogP contribution in [0.5, 0.6) is 0 Å². The number of hydrogen-bond acceptors (Lipinski definition) is 4. The van der Waals surface area contributed by atoms with Gasteiger partial charge in [0.05, 0.1) is 17.3 Å². The fourth-order valence-electron chi connectivity index (χ4n) is 1.44. The maximum absolute atomic E-state index is 9.24. The molecular weight excluding hydrogens is 212 g/mol. The van der Waals surface area contributed by atoms with Crippen LogP contribution in [-0.4, -0.2) is 31.9 Å². The van der Waals surface area contributed by atoms with Crippen molar-refractivity contribution in [3.63, 3.8) is 0 Å². The van der Waals surface area contributed by atoms with Gasteiger partial charge in [0.15, 0.2) is 0 Å². The van der Waals surface area contributed by atoms with E-state index < -0.39 is 0 Å². The number of aliphatic hydroxyl groups excluding tert-OH is 2. The van der Waals surface area contributed by atoms with Crippen molar-refractivity contribution < 1.29 is 10.2 Å². The zero-order valence-corrected chi connectivity index (χ0v) is 10.2. The fourth-order valence-corrected chi connectivity index (χ4v) is 2.59. The van der Waals surface area contributed by atoms with E-state index in [1.54, 1.807) is 16.4 Å². The van der Waals surface area contributed by atoms with E-state index in [1.807, 2.05) is 14.0 Å². The molecule has 1 aromatic rings. The van der Waals surface area contributed by atoms with Gasteiger partial charge in [0.1, 0.15) is 0 Å². The van der Waals surface area contributed by atoms with Gasteiger partial charge in [0.2, 0.25) is 0 Å². The normalized spacial score (nSPS) is 13.1. The minimum absolute atomic E-state index is 0.0217. The molecule has 0 aliphatic rings. The largest absolute Gasteiger partial charge is 0.396 e. The van der Waals surface area contributed by atoms with Gasteiger partial charge in [0.25, 0.3) is 0 Å². The lowest BCUT2D eigenvalue weighted by Crippen LogP contribution is -2.03. The van der Waals surface area contributed by atoms with Crippen LogP contribution in [0.25, 0.3) is 0 Å². The number of nitrogens with zero attached hydrogens (tertiary/aromatic N) is 2. The van der Waals surface area contributed by atoms with Gasteiger partial charge in [-0.2, -0.15) is 5.10 Å². The Hall–Kier alpha value is -0.520. The van der Waals surface area contributed by atoms with Gasteiger partial charge in [-0.05, 0) is 13.3 Å². The predicted molar refractivity (Wildman–Crippen MR) is 60.9 cm³/mol. The third kappa shape index (κ3) is 2.96. The minimum Gasteiger partial charge on any atom is -0.396 e. The van der Waals surface area contributed by atoms with E-state index in [4.69, 9.17) is 5.11 Å². The zero-order chi connectivity index (χ0) is 11.4. The molecule has 4 nitrogen and oxygen atoms in total. The van der Waals surface area contributed by atoms with Crippen molar-refractivity contribution in [2.75, 3.05) is 6.61 Å². The highest BCUT2D eigenvalue weighted by Crippen LogP contribution is 2.29. The standard InChI is InChI=1S/C10H18N2O2S/c1-7(4-5-13)15-10-9(6-14)8(2)11-12(10)3/h7,13-14H,4-6H2,1-3H3. The highest BCUT2D eigenvalue weighted by atomic mass is 32.2. The van der Waals surface area contributed by atoms with Gasteiger partial charge < -0.3 is 10.2 Å². The Morgan fingerprint density at radius 3 is 2.67 bits per heavy atom. The predicted octanol–water partition coefficient (Wildman–Crippen LogP) is 1.08. The molecule has 1 rings (SSSR count). The number of thioether (sulfide) groups is 1. The SMILES string of the molecule is Cc1nn(C)c(SC(C)CCO)c1CO. The first-order valence-corrected chi connectivity index (χ1v) is 5.89. The fraction of sp³-hybridized carbons (Fsp3) is 0.700. The van der Waals surface area contributed by atoms with E-state index in [9.17, 15) is 5.11 Å². The van der Waals surface area contributed by atoms with Gasteiger partial charge in [-0.3, -0.25) is 4.68 Å². The van der Waals surface area contributed by atoms with E-state index in [1.165, 1.54) is 0 Å². The topological polar surface area (TPSA) is 58.3 Å². The summed E-state index contributed by atoms with van der Waals surface area (Å²) in [7, 11) is 1.88. The molecule has 0 amide bonds. The maximum Gasteiger partial charge on any atom is 0.0997 e. The van der Waals surface area contributed by atoms with Crippen LogP contribution in [0, 0.1) is 6.92 Å². The average molecular weight is 230 g/mol. The monoisotopic (exact) mass is 230 g/mol. The van der Waals surface area contributed by atoms with E-state index in [0.29, 0.717) is 5.25 Å². The van der Waals surface area contributed by atoms with Crippen LogP contribution in [0.4, 0.5) is 0 Å².